The number of nitrogens with two attached hydrogens (primary N) is 1. The Morgan fingerprint density at radius 3 is 2.63 bits per heavy atom. The van der Waals surface area contributed by atoms with Crippen LogP contribution in [0.5, 0.6) is 0 Å². The molecule has 0 heterocycles. The average Bonchev–Trinajstić information content (AvgIpc) is 2.90. The molecule has 1 fully saturated rings. The van der Waals surface area contributed by atoms with Crippen LogP contribution >= 0.6 is 15.9 Å². The van der Waals surface area contributed by atoms with Gasteiger partial charge in [0.15, 0.2) is 0 Å². The van der Waals surface area contributed by atoms with Gasteiger partial charge in [-0.25, -0.2) is 4.39 Å². The summed E-state index contributed by atoms with van der Waals surface area (Å²) in [7, 11) is 0. The molecule has 0 aromatic heterocycles. The van der Waals surface area contributed by atoms with Crippen molar-refractivity contribution < 1.29 is 4.39 Å². The number of benzene rings is 1. The smallest absolute Gasteiger partial charge is 0.124 e. The Hall–Kier alpha value is -0.450. The standard InChI is InChI=1S/C15H22BrFN2/c1-2-19(12-5-3-4-6-12)15(10-18)13-8-7-11(17)9-14(13)16/h7-9,12,15H,2-6,10,18H2,1H3. The molecule has 1 atom stereocenters. The van der Waals surface area contributed by atoms with Gasteiger partial charge in [-0.3, -0.25) is 4.90 Å². The van der Waals surface area contributed by atoms with Crippen molar-refractivity contribution in [1.29, 1.82) is 0 Å². The predicted molar refractivity (Wildman–Crippen MR) is 80.5 cm³/mol. The van der Waals surface area contributed by atoms with E-state index in [-0.39, 0.29) is 11.9 Å². The number of nitrogens with zero attached hydrogens (tertiary/aromatic N) is 1. The third-order valence-corrected chi connectivity index (χ3v) is 4.79. The van der Waals surface area contributed by atoms with Crippen LogP contribution in [0.1, 0.15) is 44.2 Å². The zero-order valence-electron chi connectivity index (χ0n) is 11.4. The molecule has 19 heavy (non-hydrogen) atoms. The second kappa shape index (κ2) is 6.82. The van der Waals surface area contributed by atoms with Gasteiger partial charge in [0.1, 0.15) is 5.82 Å². The van der Waals surface area contributed by atoms with E-state index in [4.69, 9.17) is 5.73 Å². The molecule has 2 rings (SSSR count). The molecule has 0 radical (unpaired) electrons. The van der Waals surface area contributed by atoms with E-state index in [1.54, 1.807) is 0 Å². The Labute approximate surface area is 123 Å². The number of rotatable bonds is 5. The van der Waals surface area contributed by atoms with Crippen LogP contribution in [0.15, 0.2) is 22.7 Å². The number of halogens is 2. The highest BCUT2D eigenvalue weighted by Crippen LogP contribution is 2.33. The maximum atomic E-state index is 13.2. The van der Waals surface area contributed by atoms with E-state index >= 15 is 0 Å². The van der Waals surface area contributed by atoms with Gasteiger partial charge < -0.3 is 5.73 Å². The Bertz CT molecular complexity index is 419. The predicted octanol–water partition coefficient (Wildman–Crippen LogP) is 3.85. The van der Waals surface area contributed by atoms with Gasteiger partial charge in [-0.15, -0.1) is 0 Å². The number of hydrogen-bond acceptors (Lipinski definition) is 2. The molecule has 2 nitrogen and oxygen atoms in total. The van der Waals surface area contributed by atoms with Crippen LogP contribution in [0, 0.1) is 5.82 Å². The van der Waals surface area contributed by atoms with Crippen molar-refractivity contribution in [3.63, 3.8) is 0 Å². The molecule has 0 saturated heterocycles. The van der Waals surface area contributed by atoms with Crippen molar-refractivity contribution in [2.45, 2.75) is 44.7 Å². The van der Waals surface area contributed by atoms with Gasteiger partial charge in [-0.05, 0) is 37.1 Å². The molecule has 0 bridgehead atoms. The molecule has 1 saturated carbocycles. The molecule has 1 aromatic carbocycles. The van der Waals surface area contributed by atoms with Crippen molar-refractivity contribution >= 4 is 15.9 Å². The van der Waals surface area contributed by atoms with Crippen LogP contribution < -0.4 is 5.73 Å². The lowest BCUT2D eigenvalue weighted by Gasteiger charge is -2.35. The minimum absolute atomic E-state index is 0.170. The fraction of sp³-hybridized carbons (Fsp3) is 0.600. The SMILES string of the molecule is CCN(C1CCCC1)C(CN)c1ccc(F)cc1Br. The normalized spacial score (nSPS) is 18.2. The lowest BCUT2D eigenvalue weighted by molar-refractivity contribution is 0.146. The molecular weight excluding hydrogens is 307 g/mol. The summed E-state index contributed by atoms with van der Waals surface area (Å²) in [4.78, 5) is 2.48. The average molecular weight is 329 g/mol. The van der Waals surface area contributed by atoms with Gasteiger partial charge >= 0.3 is 0 Å². The Morgan fingerprint density at radius 2 is 2.11 bits per heavy atom. The van der Waals surface area contributed by atoms with E-state index in [1.807, 2.05) is 6.07 Å². The summed E-state index contributed by atoms with van der Waals surface area (Å²) < 4.78 is 14.0. The van der Waals surface area contributed by atoms with E-state index in [1.165, 1.54) is 37.8 Å². The molecule has 2 N–H and O–H groups in total. The lowest BCUT2D eigenvalue weighted by atomic mass is 10.0. The van der Waals surface area contributed by atoms with Gasteiger partial charge in [0.25, 0.3) is 0 Å². The summed E-state index contributed by atoms with van der Waals surface area (Å²) in [6.07, 6.45) is 5.12. The van der Waals surface area contributed by atoms with Gasteiger partial charge in [0, 0.05) is 23.1 Å². The molecule has 1 aromatic rings. The van der Waals surface area contributed by atoms with E-state index in [9.17, 15) is 4.39 Å². The second-order valence-electron chi connectivity index (χ2n) is 5.19. The zero-order chi connectivity index (χ0) is 13.8. The fourth-order valence-corrected chi connectivity index (χ4v) is 3.80. The highest BCUT2D eigenvalue weighted by Gasteiger charge is 2.28. The van der Waals surface area contributed by atoms with Crippen molar-refractivity contribution in [1.82, 2.24) is 4.90 Å². The molecular formula is C15H22BrFN2. The summed E-state index contributed by atoms with van der Waals surface area (Å²) in [5, 5.41) is 0. The Balaban J connectivity index is 2.26. The van der Waals surface area contributed by atoms with Gasteiger partial charge in [0.2, 0.25) is 0 Å². The van der Waals surface area contributed by atoms with Crippen LogP contribution in [0.3, 0.4) is 0 Å². The van der Waals surface area contributed by atoms with Crippen LogP contribution in [0.4, 0.5) is 4.39 Å². The second-order valence-corrected chi connectivity index (χ2v) is 6.04. The van der Waals surface area contributed by atoms with Crippen LogP contribution in [0.25, 0.3) is 0 Å². The highest BCUT2D eigenvalue weighted by molar-refractivity contribution is 9.10. The summed E-state index contributed by atoms with van der Waals surface area (Å²) in [6, 6.07) is 5.69. The number of hydrogen-bond donors (Lipinski definition) is 1. The van der Waals surface area contributed by atoms with Crippen molar-refractivity contribution in [3.8, 4) is 0 Å². The molecule has 0 amide bonds. The summed E-state index contributed by atoms with van der Waals surface area (Å²) in [6.45, 7) is 3.73. The first-order valence-electron chi connectivity index (χ1n) is 7.08. The summed E-state index contributed by atoms with van der Waals surface area (Å²) >= 11 is 3.47. The molecule has 1 aliphatic carbocycles. The largest absolute Gasteiger partial charge is 0.329 e. The monoisotopic (exact) mass is 328 g/mol. The minimum atomic E-state index is -0.213. The van der Waals surface area contributed by atoms with E-state index in [0.29, 0.717) is 12.6 Å². The fourth-order valence-electron chi connectivity index (χ4n) is 3.18. The van der Waals surface area contributed by atoms with Gasteiger partial charge in [-0.1, -0.05) is 41.8 Å². The van der Waals surface area contributed by atoms with E-state index < -0.39 is 0 Å². The first-order valence-corrected chi connectivity index (χ1v) is 7.87. The van der Waals surface area contributed by atoms with Crippen LogP contribution in [-0.2, 0) is 0 Å². The Kier molecular flexibility index (Phi) is 5.37. The minimum Gasteiger partial charge on any atom is -0.329 e. The van der Waals surface area contributed by atoms with Crippen LogP contribution in [0.2, 0.25) is 0 Å². The lowest BCUT2D eigenvalue weighted by Crippen LogP contribution is -2.40. The summed E-state index contributed by atoms with van der Waals surface area (Å²) in [5.74, 6) is -0.213. The molecule has 1 aliphatic rings. The first-order chi connectivity index (χ1) is 9.17. The maximum Gasteiger partial charge on any atom is 0.124 e. The topological polar surface area (TPSA) is 29.3 Å². The van der Waals surface area contributed by atoms with Crippen LogP contribution in [-0.4, -0.2) is 24.0 Å². The summed E-state index contributed by atoms with van der Waals surface area (Å²) in [5.41, 5.74) is 7.09. The molecule has 4 heteroatoms. The maximum absolute atomic E-state index is 13.2. The molecule has 1 unspecified atom stereocenters. The van der Waals surface area contributed by atoms with E-state index in [0.717, 1.165) is 16.6 Å². The van der Waals surface area contributed by atoms with E-state index in [2.05, 4.69) is 27.8 Å². The van der Waals surface area contributed by atoms with Crippen molar-refractivity contribution in [2.75, 3.05) is 13.1 Å². The third kappa shape index (κ3) is 3.36. The quantitative estimate of drug-likeness (QED) is 0.889. The van der Waals surface area contributed by atoms with Gasteiger partial charge in [-0.2, -0.15) is 0 Å². The zero-order valence-corrected chi connectivity index (χ0v) is 13.0. The van der Waals surface area contributed by atoms with Gasteiger partial charge in [0.05, 0.1) is 0 Å². The molecule has 0 aliphatic heterocycles. The third-order valence-electron chi connectivity index (χ3n) is 4.10. The first kappa shape index (κ1) is 14.9. The molecule has 0 spiro atoms. The Morgan fingerprint density at radius 1 is 1.42 bits per heavy atom. The number of likely N-dealkylation sites (N-methyl/N-ethyl adjacent to an activating group) is 1. The van der Waals surface area contributed by atoms with Crippen molar-refractivity contribution in [3.05, 3.63) is 34.1 Å². The van der Waals surface area contributed by atoms with Crippen molar-refractivity contribution in [2.24, 2.45) is 5.73 Å². The molecule has 106 valence electrons. The highest BCUT2D eigenvalue weighted by atomic mass is 79.9.